The van der Waals surface area contributed by atoms with Crippen LogP contribution >= 0.6 is 0 Å². The van der Waals surface area contributed by atoms with Crippen molar-refractivity contribution < 1.29 is 9.53 Å². The fraction of sp³-hybridized carbons (Fsp3) is 0.455. The summed E-state index contributed by atoms with van der Waals surface area (Å²) in [6.45, 7) is 3.24. The molecule has 2 fully saturated rings. The highest BCUT2D eigenvalue weighted by Gasteiger charge is 2.31. The fourth-order valence-corrected chi connectivity index (χ4v) is 4.04. The second kappa shape index (κ2) is 8.42. The number of carbonyl (C=O) groups is 1. The molecular weight excluding hydrogens is 338 g/mol. The van der Waals surface area contributed by atoms with Gasteiger partial charge in [-0.15, -0.1) is 0 Å². The molecule has 0 aliphatic carbocycles. The van der Waals surface area contributed by atoms with Crippen molar-refractivity contribution in [3.8, 4) is 0 Å². The molecule has 0 spiro atoms. The normalized spacial score (nSPS) is 19.9. The minimum Gasteiger partial charge on any atom is -0.445 e. The van der Waals surface area contributed by atoms with Gasteiger partial charge in [0.15, 0.2) is 0 Å². The summed E-state index contributed by atoms with van der Waals surface area (Å²) >= 11 is 0. The van der Waals surface area contributed by atoms with Gasteiger partial charge >= 0.3 is 6.09 Å². The zero-order valence-electron chi connectivity index (χ0n) is 15.7. The van der Waals surface area contributed by atoms with Gasteiger partial charge in [0.05, 0.1) is 6.04 Å². The van der Waals surface area contributed by atoms with Gasteiger partial charge in [0, 0.05) is 25.8 Å². The van der Waals surface area contributed by atoms with Crippen molar-refractivity contribution in [1.82, 2.24) is 9.88 Å². The highest BCUT2D eigenvalue weighted by atomic mass is 16.6. The summed E-state index contributed by atoms with van der Waals surface area (Å²) in [6.07, 6.45) is 7.47. The smallest absolute Gasteiger partial charge is 0.410 e. The largest absolute Gasteiger partial charge is 0.445 e. The van der Waals surface area contributed by atoms with Crippen LogP contribution in [0.4, 0.5) is 10.6 Å². The van der Waals surface area contributed by atoms with Crippen LogP contribution in [0.15, 0.2) is 48.7 Å². The minimum atomic E-state index is -0.235. The van der Waals surface area contributed by atoms with E-state index in [-0.39, 0.29) is 12.1 Å². The van der Waals surface area contributed by atoms with Crippen molar-refractivity contribution >= 4 is 11.9 Å². The Morgan fingerprint density at radius 3 is 2.56 bits per heavy atom. The van der Waals surface area contributed by atoms with Crippen molar-refractivity contribution in [2.24, 2.45) is 0 Å². The van der Waals surface area contributed by atoms with Gasteiger partial charge in [-0.1, -0.05) is 36.4 Å². The third-order valence-electron chi connectivity index (χ3n) is 5.53. The lowest BCUT2D eigenvalue weighted by Crippen LogP contribution is -2.32. The molecule has 0 bridgehead atoms. The number of rotatable bonds is 4. The van der Waals surface area contributed by atoms with E-state index in [1.807, 2.05) is 41.4 Å². The predicted molar refractivity (Wildman–Crippen MR) is 106 cm³/mol. The van der Waals surface area contributed by atoms with Gasteiger partial charge in [-0.3, -0.25) is 0 Å². The lowest BCUT2D eigenvalue weighted by molar-refractivity contribution is 0.0920. The number of piperidine rings is 1. The Morgan fingerprint density at radius 1 is 1.00 bits per heavy atom. The molecule has 2 aliphatic rings. The van der Waals surface area contributed by atoms with E-state index in [0.717, 1.165) is 49.4 Å². The van der Waals surface area contributed by atoms with Crippen LogP contribution in [0.5, 0.6) is 0 Å². The zero-order valence-corrected chi connectivity index (χ0v) is 15.7. The topological polar surface area (TPSA) is 45.7 Å². The molecule has 1 unspecified atom stereocenters. The summed E-state index contributed by atoms with van der Waals surface area (Å²) in [7, 11) is 0. The van der Waals surface area contributed by atoms with E-state index in [2.05, 4.69) is 22.0 Å². The number of hydrogen-bond acceptors (Lipinski definition) is 4. The van der Waals surface area contributed by atoms with Gasteiger partial charge in [-0.05, 0) is 49.3 Å². The summed E-state index contributed by atoms with van der Waals surface area (Å²) in [5.74, 6) is 1.05. The van der Waals surface area contributed by atoms with E-state index in [1.54, 1.807) is 0 Å². The van der Waals surface area contributed by atoms with Gasteiger partial charge in [0.2, 0.25) is 0 Å². The number of carbonyl (C=O) groups excluding carboxylic acids is 1. The first kappa shape index (κ1) is 17.8. The number of amides is 1. The molecule has 2 aliphatic heterocycles. The highest BCUT2D eigenvalue weighted by molar-refractivity contribution is 5.68. The predicted octanol–water partition coefficient (Wildman–Crippen LogP) is 4.55. The molecule has 0 N–H and O–H groups in total. The average molecular weight is 365 g/mol. The molecule has 1 aromatic carbocycles. The van der Waals surface area contributed by atoms with Crippen molar-refractivity contribution in [3.05, 3.63) is 59.8 Å². The molecule has 4 rings (SSSR count). The third-order valence-corrected chi connectivity index (χ3v) is 5.53. The van der Waals surface area contributed by atoms with Crippen LogP contribution < -0.4 is 4.90 Å². The SMILES string of the molecule is O=C(OCc1ccccc1)N1CCCC1c1ccc(N2CCCCC2)nc1. The lowest BCUT2D eigenvalue weighted by Gasteiger charge is -2.28. The molecule has 2 aromatic rings. The number of likely N-dealkylation sites (tertiary alicyclic amines) is 1. The third kappa shape index (κ3) is 4.24. The van der Waals surface area contributed by atoms with Gasteiger partial charge in [0.25, 0.3) is 0 Å². The summed E-state index contributed by atoms with van der Waals surface area (Å²) in [5.41, 5.74) is 2.11. The molecule has 142 valence electrons. The van der Waals surface area contributed by atoms with Crippen LogP contribution in [0.25, 0.3) is 0 Å². The van der Waals surface area contributed by atoms with E-state index in [4.69, 9.17) is 4.74 Å². The molecule has 1 amide bonds. The van der Waals surface area contributed by atoms with E-state index in [1.165, 1.54) is 19.3 Å². The number of benzene rings is 1. The molecule has 5 nitrogen and oxygen atoms in total. The maximum absolute atomic E-state index is 12.6. The Bertz CT molecular complexity index is 742. The van der Waals surface area contributed by atoms with Crippen molar-refractivity contribution in [2.75, 3.05) is 24.5 Å². The van der Waals surface area contributed by atoms with Gasteiger partial charge < -0.3 is 14.5 Å². The zero-order chi connectivity index (χ0) is 18.5. The van der Waals surface area contributed by atoms with E-state index in [9.17, 15) is 4.79 Å². The number of hydrogen-bond donors (Lipinski definition) is 0. The molecule has 5 heteroatoms. The fourth-order valence-electron chi connectivity index (χ4n) is 4.04. The molecule has 1 aromatic heterocycles. The van der Waals surface area contributed by atoms with E-state index < -0.39 is 0 Å². The summed E-state index contributed by atoms with van der Waals surface area (Å²) < 4.78 is 5.54. The van der Waals surface area contributed by atoms with Crippen LogP contribution in [-0.2, 0) is 11.3 Å². The number of nitrogens with zero attached hydrogens (tertiary/aromatic N) is 3. The first-order valence-corrected chi connectivity index (χ1v) is 9.99. The second-order valence-electron chi connectivity index (χ2n) is 7.39. The molecule has 2 saturated heterocycles. The van der Waals surface area contributed by atoms with E-state index >= 15 is 0 Å². The molecular formula is C22H27N3O2. The Labute approximate surface area is 161 Å². The van der Waals surface area contributed by atoms with Gasteiger partial charge in [-0.2, -0.15) is 0 Å². The highest BCUT2D eigenvalue weighted by Crippen LogP contribution is 2.33. The first-order valence-electron chi connectivity index (χ1n) is 9.99. The Balaban J connectivity index is 1.39. The average Bonchev–Trinajstić information content (AvgIpc) is 3.24. The van der Waals surface area contributed by atoms with Crippen molar-refractivity contribution in [2.45, 2.75) is 44.8 Å². The summed E-state index contributed by atoms with van der Waals surface area (Å²) in [6, 6.07) is 14.1. The Hall–Kier alpha value is -2.56. The second-order valence-corrected chi connectivity index (χ2v) is 7.39. The Kier molecular flexibility index (Phi) is 5.56. The van der Waals surface area contributed by atoms with Crippen LogP contribution in [0.1, 0.15) is 49.3 Å². The molecule has 0 radical (unpaired) electrons. The monoisotopic (exact) mass is 365 g/mol. The quantitative estimate of drug-likeness (QED) is 0.798. The van der Waals surface area contributed by atoms with E-state index in [0.29, 0.717) is 6.61 Å². The van der Waals surface area contributed by atoms with Crippen LogP contribution in [0, 0.1) is 0 Å². The van der Waals surface area contributed by atoms with Crippen LogP contribution in [0.2, 0.25) is 0 Å². The number of pyridine rings is 1. The van der Waals surface area contributed by atoms with Crippen molar-refractivity contribution in [3.63, 3.8) is 0 Å². The Morgan fingerprint density at radius 2 is 1.81 bits per heavy atom. The molecule has 1 atom stereocenters. The van der Waals surface area contributed by atoms with Crippen LogP contribution in [-0.4, -0.2) is 35.6 Å². The lowest BCUT2D eigenvalue weighted by atomic mass is 10.1. The maximum Gasteiger partial charge on any atom is 0.410 e. The summed E-state index contributed by atoms with van der Waals surface area (Å²) in [4.78, 5) is 21.5. The number of anilines is 1. The van der Waals surface area contributed by atoms with Crippen molar-refractivity contribution in [1.29, 1.82) is 0 Å². The number of aromatic nitrogens is 1. The molecule has 27 heavy (non-hydrogen) atoms. The minimum absolute atomic E-state index is 0.0659. The molecule has 3 heterocycles. The summed E-state index contributed by atoms with van der Waals surface area (Å²) in [5, 5.41) is 0. The van der Waals surface area contributed by atoms with Crippen LogP contribution in [0.3, 0.4) is 0 Å². The maximum atomic E-state index is 12.6. The first-order chi connectivity index (χ1) is 13.3. The van der Waals surface area contributed by atoms with Gasteiger partial charge in [-0.25, -0.2) is 9.78 Å². The molecule has 0 saturated carbocycles. The number of ether oxygens (including phenoxy) is 1. The van der Waals surface area contributed by atoms with Gasteiger partial charge in [0.1, 0.15) is 12.4 Å². The standard InChI is InChI=1S/C22H27N3O2/c26-22(27-17-18-8-3-1-4-9-18)25-15-7-10-20(25)19-11-12-21(23-16-19)24-13-5-2-6-14-24/h1,3-4,8-9,11-12,16,20H,2,5-7,10,13-15,17H2.